The first-order valence-corrected chi connectivity index (χ1v) is 14.1. The highest BCUT2D eigenvalue weighted by Gasteiger charge is 2.43. The lowest BCUT2D eigenvalue weighted by Gasteiger charge is -2.46. The van der Waals surface area contributed by atoms with Crippen LogP contribution in [0.25, 0.3) is 0 Å². The van der Waals surface area contributed by atoms with Crippen LogP contribution in [0.5, 0.6) is 0 Å². The second kappa shape index (κ2) is 9.31. The maximum absolute atomic E-state index is 13.8. The van der Waals surface area contributed by atoms with Crippen LogP contribution in [0, 0.1) is 0 Å². The average Bonchev–Trinajstić information content (AvgIpc) is 2.82. The highest BCUT2D eigenvalue weighted by atomic mass is 32.2. The van der Waals surface area contributed by atoms with Crippen LogP contribution in [0.15, 0.2) is 6.07 Å². The van der Waals surface area contributed by atoms with Crippen molar-refractivity contribution < 1.29 is 31.1 Å². The molecule has 3 aliphatic heterocycles. The number of hydrogen-bond donors (Lipinski definition) is 0. The lowest BCUT2D eigenvalue weighted by atomic mass is 9.83. The minimum Gasteiger partial charge on any atom is -0.373 e. The van der Waals surface area contributed by atoms with Crippen LogP contribution in [0.1, 0.15) is 44.3 Å². The molecule has 0 N–H and O–H groups in total. The molecule has 4 aliphatic rings. The van der Waals surface area contributed by atoms with Crippen molar-refractivity contribution in [2.75, 3.05) is 62.0 Å². The summed E-state index contributed by atoms with van der Waals surface area (Å²) in [7, 11) is -3.40. The number of morpholine rings is 2. The average molecular weight is 520 g/mol. The van der Waals surface area contributed by atoms with E-state index in [9.17, 15) is 21.6 Å². The van der Waals surface area contributed by atoms with Gasteiger partial charge in [-0.25, -0.2) is 18.4 Å². The van der Waals surface area contributed by atoms with Gasteiger partial charge in [-0.3, -0.25) is 0 Å². The molecule has 35 heavy (non-hydrogen) atoms. The van der Waals surface area contributed by atoms with Crippen LogP contribution in [0.3, 0.4) is 0 Å². The minimum atomic E-state index is -4.69. The number of ether oxygens (including phenoxy) is 2. The van der Waals surface area contributed by atoms with E-state index in [-0.39, 0.29) is 43.0 Å². The summed E-state index contributed by atoms with van der Waals surface area (Å²) in [5, 5.41) is 0. The molecule has 1 spiro atoms. The van der Waals surface area contributed by atoms with Crippen molar-refractivity contribution in [1.82, 2.24) is 14.3 Å². The molecule has 3 saturated heterocycles. The summed E-state index contributed by atoms with van der Waals surface area (Å²) in [6, 6.07) is 1.29. The highest BCUT2D eigenvalue weighted by Crippen LogP contribution is 2.37. The second-order valence-electron chi connectivity index (χ2n) is 10.0. The van der Waals surface area contributed by atoms with Crippen molar-refractivity contribution in [2.24, 2.45) is 0 Å². The molecule has 9 nitrogen and oxygen atoms in total. The topological polar surface area (TPSA) is 88.1 Å². The molecule has 1 saturated carbocycles. The molecule has 2 unspecified atom stereocenters. The lowest BCUT2D eigenvalue weighted by molar-refractivity contribution is -0.144. The zero-order valence-corrected chi connectivity index (χ0v) is 20.7. The molecule has 1 aliphatic carbocycles. The summed E-state index contributed by atoms with van der Waals surface area (Å²) in [6.45, 7) is 2.60. The predicted octanol–water partition coefficient (Wildman–Crippen LogP) is 2.27. The van der Waals surface area contributed by atoms with Gasteiger partial charge in [-0.05, 0) is 19.3 Å². The molecule has 196 valence electrons. The Morgan fingerprint density at radius 2 is 1.74 bits per heavy atom. The third-order valence-corrected chi connectivity index (χ3v) is 8.88. The number of anilines is 2. The first-order valence-electron chi connectivity index (χ1n) is 12.2. The molecule has 0 bridgehead atoms. The Labute approximate surface area is 203 Å². The van der Waals surface area contributed by atoms with Crippen LogP contribution in [-0.2, 0) is 25.7 Å². The van der Waals surface area contributed by atoms with E-state index in [1.165, 1.54) is 10.6 Å². The van der Waals surface area contributed by atoms with Gasteiger partial charge in [0.15, 0.2) is 0 Å². The molecule has 5 rings (SSSR count). The van der Waals surface area contributed by atoms with Crippen molar-refractivity contribution in [2.45, 2.75) is 62.4 Å². The molecule has 0 radical (unpaired) electrons. The molecular weight excluding hydrogens is 487 g/mol. The van der Waals surface area contributed by atoms with E-state index >= 15 is 0 Å². The fourth-order valence-electron chi connectivity index (χ4n) is 5.89. The van der Waals surface area contributed by atoms with E-state index < -0.39 is 28.1 Å². The smallest absolute Gasteiger partial charge is 0.373 e. The van der Waals surface area contributed by atoms with Crippen molar-refractivity contribution in [1.29, 1.82) is 0 Å². The lowest BCUT2D eigenvalue weighted by Crippen LogP contribution is -2.60. The minimum absolute atomic E-state index is 0.185. The van der Waals surface area contributed by atoms with Gasteiger partial charge in [-0.2, -0.15) is 17.5 Å². The Kier molecular flexibility index (Phi) is 6.64. The van der Waals surface area contributed by atoms with Crippen molar-refractivity contribution >= 4 is 21.7 Å². The third kappa shape index (κ3) is 5.23. The number of sulfonamides is 1. The largest absolute Gasteiger partial charge is 0.451 e. The predicted molar refractivity (Wildman–Crippen MR) is 123 cm³/mol. The number of hydrogen-bond acceptors (Lipinski definition) is 8. The van der Waals surface area contributed by atoms with Crippen molar-refractivity contribution in [3.05, 3.63) is 11.9 Å². The molecule has 1 aromatic rings. The summed E-state index contributed by atoms with van der Waals surface area (Å²) in [5.74, 6) is -0.733. The monoisotopic (exact) mass is 519 g/mol. The van der Waals surface area contributed by atoms with Crippen molar-refractivity contribution in [3.8, 4) is 0 Å². The Balaban J connectivity index is 1.41. The van der Waals surface area contributed by atoms with E-state index in [4.69, 9.17) is 9.47 Å². The number of nitrogens with zero attached hydrogens (tertiary/aromatic N) is 5. The van der Waals surface area contributed by atoms with E-state index in [1.807, 2.05) is 4.90 Å². The number of piperidine rings is 1. The Hall–Kier alpha value is -1.70. The Morgan fingerprint density at radius 1 is 1.03 bits per heavy atom. The normalized spacial score (nSPS) is 28.2. The summed E-state index contributed by atoms with van der Waals surface area (Å²) in [4.78, 5) is 11.4. The van der Waals surface area contributed by atoms with Gasteiger partial charge < -0.3 is 19.3 Å². The van der Waals surface area contributed by atoms with Gasteiger partial charge in [-0.1, -0.05) is 19.3 Å². The summed E-state index contributed by atoms with van der Waals surface area (Å²) < 4.78 is 79.2. The SMILES string of the molecule is CS(=O)(=O)N1CCOC2CN(c3cc(N4CCOC5(CCCCC5)C4)nc(C(F)(F)F)n3)CCC21. The molecule has 0 aromatic carbocycles. The first kappa shape index (κ1) is 25.0. The molecule has 4 fully saturated rings. The van der Waals surface area contributed by atoms with Crippen LogP contribution < -0.4 is 9.80 Å². The molecule has 0 amide bonds. The first-order chi connectivity index (χ1) is 16.5. The number of alkyl halides is 3. The third-order valence-electron chi connectivity index (χ3n) is 7.58. The number of fused-ring (bicyclic) bond motifs is 1. The maximum atomic E-state index is 13.8. The van der Waals surface area contributed by atoms with Gasteiger partial charge in [0.1, 0.15) is 11.6 Å². The number of aromatic nitrogens is 2. The van der Waals surface area contributed by atoms with Gasteiger partial charge in [-0.15, -0.1) is 0 Å². The second-order valence-corrected chi connectivity index (χ2v) is 11.9. The molecular formula is C22H32F3N5O4S. The van der Waals surface area contributed by atoms with Gasteiger partial charge in [0.05, 0.1) is 37.2 Å². The molecule has 4 heterocycles. The highest BCUT2D eigenvalue weighted by molar-refractivity contribution is 7.88. The summed E-state index contributed by atoms with van der Waals surface area (Å²) >= 11 is 0. The van der Waals surface area contributed by atoms with E-state index in [0.29, 0.717) is 32.7 Å². The fourth-order valence-corrected chi connectivity index (χ4v) is 7.03. The van der Waals surface area contributed by atoms with Crippen LogP contribution in [0.4, 0.5) is 24.8 Å². The van der Waals surface area contributed by atoms with Crippen LogP contribution in [0.2, 0.25) is 0 Å². The zero-order valence-electron chi connectivity index (χ0n) is 19.8. The van der Waals surface area contributed by atoms with Gasteiger partial charge in [0, 0.05) is 38.8 Å². The van der Waals surface area contributed by atoms with Gasteiger partial charge in [0.2, 0.25) is 15.8 Å². The Morgan fingerprint density at radius 3 is 2.43 bits per heavy atom. The van der Waals surface area contributed by atoms with Gasteiger partial charge >= 0.3 is 6.18 Å². The molecule has 1 aromatic heterocycles. The molecule has 13 heteroatoms. The van der Waals surface area contributed by atoms with E-state index in [2.05, 4.69) is 9.97 Å². The van der Waals surface area contributed by atoms with Crippen LogP contribution in [-0.4, -0.2) is 92.6 Å². The van der Waals surface area contributed by atoms with E-state index in [1.54, 1.807) is 11.0 Å². The molecule has 2 atom stereocenters. The maximum Gasteiger partial charge on any atom is 0.451 e. The van der Waals surface area contributed by atoms with Crippen LogP contribution >= 0.6 is 0 Å². The fraction of sp³-hybridized carbons (Fsp3) is 0.818. The van der Waals surface area contributed by atoms with Gasteiger partial charge in [0.25, 0.3) is 0 Å². The standard InChI is InChI=1S/C22H32F3N5O4S/c1-35(31,32)30-10-11-33-17-14-28(8-5-16(17)30)18-13-19(27-20(26-18)22(23,24)25)29-9-12-34-21(15-29)6-3-2-4-7-21/h13,16-17H,2-12,14-15H2,1H3. The quantitative estimate of drug-likeness (QED) is 0.601. The summed E-state index contributed by atoms with van der Waals surface area (Å²) in [5.41, 5.74) is -0.330. The zero-order chi connectivity index (χ0) is 24.8. The number of halogens is 3. The summed E-state index contributed by atoms with van der Waals surface area (Å²) in [6.07, 6.45) is 1.55. The van der Waals surface area contributed by atoms with Crippen molar-refractivity contribution in [3.63, 3.8) is 0 Å². The van der Waals surface area contributed by atoms with E-state index in [0.717, 1.165) is 32.1 Å². The number of rotatable bonds is 3. The Bertz CT molecular complexity index is 1030.